The van der Waals surface area contributed by atoms with Gasteiger partial charge in [0.15, 0.2) is 11.8 Å². The zero-order valence-electron chi connectivity index (χ0n) is 20.3. The number of hydrogen-bond acceptors (Lipinski definition) is 5. The molecule has 2 N–H and O–H groups in total. The predicted octanol–water partition coefficient (Wildman–Crippen LogP) is 3.47. The van der Waals surface area contributed by atoms with Crippen LogP contribution in [0.15, 0.2) is 76.6 Å². The lowest BCUT2D eigenvalue weighted by Crippen LogP contribution is -2.38. The van der Waals surface area contributed by atoms with E-state index >= 15 is 0 Å². The Kier molecular flexibility index (Phi) is 5.75. The van der Waals surface area contributed by atoms with Crippen LogP contribution in [0.25, 0.3) is 28.0 Å². The molecular weight excluding hydrogens is 458 g/mol. The van der Waals surface area contributed by atoms with Gasteiger partial charge in [-0.15, -0.1) is 0 Å². The second kappa shape index (κ2) is 8.92. The Morgan fingerprint density at radius 3 is 2.25 bits per heavy atom. The Morgan fingerprint density at radius 2 is 1.64 bits per heavy atom. The van der Waals surface area contributed by atoms with Crippen LogP contribution in [0.2, 0.25) is 0 Å². The average molecular weight is 486 g/mol. The lowest BCUT2D eigenvalue weighted by molar-refractivity contribution is 0.398. The summed E-state index contributed by atoms with van der Waals surface area (Å²) in [5.41, 5.74) is 2.23. The van der Waals surface area contributed by atoms with Gasteiger partial charge in [0.2, 0.25) is 0 Å². The van der Waals surface area contributed by atoms with E-state index in [4.69, 9.17) is 0 Å². The van der Waals surface area contributed by atoms with Crippen LogP contribution in [0.1, 0.15) is 19.4 Å². The molecule has 0 aliphatic rings. The standard InChI is InChI=1S/C27H27N5O4/c1-17(2)14-31-24-20(26(35)29(3)27(31)36)16-30(25(24)32-22(33)11-12-23(32)34)15-18-7-9-19(10-8-18)21-6-4-5-13-28-21/h4-13,16-17,33-34H,14-15H2,1-3H3. The van der Waals surface area contributed by atoms with Gasteiger partial charge in [-0.2, -0.15) is 0 Å². The molecule has 0 radical (unpaired) electrons. The summed E-state index contributed by atoms with van der Waals surface area (Å²) >= 11 is 0. The van der Waals surface area contributed by atoms with Crippen molar-refractivity contribution in [3.8, 4) is 28.8 Å². The van der Waals surface area contributed by atoms with Crippen LogP contribution in [0.3, 0.4) is 0 Å². The molecule has 1 aromatic carbocycles. The summed E-state index contributed by atoms with van der Waals surface area (Å²) in [5, 5.41) is 21.5. The maximum absolute atomic E-state index is 13.1. The quantitative estimate of drug-likeness (QED) is 0.383. The summed E-state index contributed by atoms with van der Waals surface area (Å²) in [6.07, 6.45) is 3.42. The van der Waals surface area contributed by atoms with Crippen molar-refractivity contribution < 1.29 is 10.2 Å². The maximum atomic E-state index is 13.1. The largest absolute Gasteiger partial charge is 0.494 e. The molecule has 0 amide bonds. The Balaban J connectivity index is 1.73. The van der Waals surface area contributed by atoms with E-state index in [0.717, 1.165) is 21.4 Å². The molecule has 184 valence electrons. The van der Waals surface area contributed by atoms with Crippen molar-refractivity contribution in [3.63, 3.8) is 0 Å². The van der Waals surface area contributed by atoms with Crippen molar-refractivity contribution in [2.45, 2.75) is 26.9 Å². The third kappa shape index (κ3) is 3.88. The van der Waals surface area contributed by atoms with E-state index in [1.165, 1.54) is 28.3 Å². The number of aromatic nitrogens is 5. The van der Waals surface area contributed by atoms with Crippen LogP contribution in [0, 0.1) is 5.92 Å². The van der Waals surface area contributed by atoms with E-state index in [9.17, 15) is 19.8 Å². The van der Waals surface area contributed by atoms with Crippen molar-refractivity contribution >= 4 is 10.9 Å². The molecule has 0 atom stereocenters. The van der Waals surface area contributed by atoms with Gasteiger partial charge in [0.25, 0.3) is 5.56 Å². The van der Waals surface area contributed by atoms with Crippen LogP contribution in [-0.2, 0) is 20.1 Å². The lowest BCUT2D eigenvalue weighted by Gasteiger charge is -2.17. The number of pyridine rings is 1. The Labute approximate surface area is 206 Å². The highest BCUT2D eigenvalue weighted by Crippen LogP contribution is 2.32. The number of aromatic hydroxyl groups is 2. The van der Waals surface area contributed by atoms with Gasteiger partial charge < -0.3 is 14.8 Å². The molecule has 0 saturated carbocycles. The van der Waals surface area contributed by atoms with Gasteiger partial charge in [-0.1, -0.05) is 44.2 Å². The number of hydrogen-bond donors (Lipinski definition) is 2. The number of rotatable bonds is 6. The molecular formula is C27H27N5O4. The van der Waals surface area contributed by atoms with E-state index in [0.29, 0.717) is 29.8 Å². The molecule has 4 aromatic heterocycles. The average Bonchev–Trinajstić information content (AvgIpc) is 3.39. The smallest absolute Gasteiger partial charge is 0.331 e. The highest BCUT2D eigenvalue weighted by molar-refractivity contribution is 5.87. The second-order valence-corrected chi connectivity index (χ2v) is 9.29. The van der Waals surface area contributed by atoms with Crippen molar-refractivity contribution in [2.24, 2.45) is 13.0 Å². The van der Waals surface area contributed by atoms with Gasteiger partial charge in [-0.05, 0) is 23.6 Å². The van der Waals surface area contributed by atoms with E-state index in [-0.39, 0.29) is 17.7 Å². The number of nitrogens with zero attached hydrogens (tertiary/aromatic N) is 5. The van der Waals surface area contributed by atoms with E-state index < -0.39 is 11.2 Å². The summed E-state index contributed by atoms with van der Waals surface area (Å²) in [7, 11) is 1.46. The van der Waals surface area contributed by atoms with Crippen LogP contribution in [0.4, 0.5) is 0 Å². The minimum atomic E-state index is -0.453. The summed E-state index contributed by atoms with van der Waals surface area (Å²) in [4.78, 5) is 30.7. The molecule has 0 aliphatic carbocycles. The van der Waals surface area contributed by atoms with Gasteiger partial charge in [0, 0.05) is 50.2 Å². The molecule has 0 bridgehead atoms. The predicted molar refractivity (Wildman–Crippen MR) is 138 cm³/mol. The summed E-state index contributed by atoms with van der Waals surface area (Å²) in [5.74, 6) is 0.0480. The van der Waals surface area contributed by atoms with Crippen LogP contribution >= 0.6 is 0 Å². The minimum absolute atomic E-state index is 0.116. The molecule has 0 fully saturated rings. The van der Waals surface area contributed by atoms with Gasteiger partial charge in [-0.25, -0.2) is 9.36 Å². The second-order valence-electron chi connectivity index (χ2n) is 9.29. The lowest BCUT2D eigenvalue weighted by atomic mass is 10.1. The number of benzene rings is 1. The minimum Gasteiger partial charge on any atom is -0.494 e. The van der Waals surface area contributed by atoms with Gasteiger partial charge in [-0.3, -0.25) is 18.9 Å². The zero-order chi connectivity index (χ0) is 25.6. The third-order valence-corrected chi connectivity index (χ3v) is 6.21. The van der Waals surface area contributed by atoms with Gasteiger partial charge in [0.1, 0.15) is 11.3 Å². The number of fused-ring (bicyclic) bond motifs is 1. The molecule has 9 heteroatoms. The van der Waals surface area contributed by atoms with Crippen molar-refractivity contribution in [2.75, 3.05) is 0 Å². The molecule has 0 saturated heterocycles. The van der Waals surface area contributed by atoms with Crippen LogP contribution in [-0.4, -0.2) is 33.5 Å². The topological polar surface area (TPSA) is 107 Å². The van der Waals surface area contributed by atoms with Crippen molar-refractivity contribution in [1.82, 2.24) is 23.3 Å². The maximum Gasteiger partial charge on any atom is 0.331 e. The molecule has 0 unspecified atom stereocenters. The van der Waals surface area contributed by atoms with E-state index in [1.807, 2.05) is 56.3 Å². The summed E-state index contributed by atoms with van der Waals surface area (Å²) < 4.78 is 5.66. The summed E-state index contributed by atoms with van der Waals surface area (Å²) in [6.45, 7) is 4.66. The van der Waals surface area contributed by atoms with E-state index in [2.05, 4.69) is 4.98 Å². The van der Waals surface area contributed by atoms with Gasteiger partial charge >= 0.3 is 5.69 Å². The van der Waals surface area contributed by atoms with Crippen LogP contribution < -0.4 is 11.2 Å². The molecule has 5 rings (SSSR count). The SMILES string of the molecule is CC(C)Cn1c(=O)n(C)c(=O)c2cn(Cc3ccc(-c4ccccn4)cc3)c(-n3c(O)ccc3O)c21. The van der Waals surface area contributed by atoms with Crippen LogP contribution in [0.5, 0.6) is 11.8 Å². The monoisotopic (exact) mass is 485 g/mol. The zero-order valence-corrected chi connectivity index (χ0v) is 20.3. The first-order valence-corrected chi connectivity index (χ1v) is 11.7. The fraction of sp³-hybridized carbons (Fsp3) is 0.222. The van der Waals surface area contributed by atoms with Crippen molar-refractivity contribution in [1.29, 1.82) is 0 Å². The first-order valence-electron chi connectivity index (χ1n) is 11.7. The third-order valence-electron chi connectivity index (χ3n) is 6.21. The van der Waals surface area contributed by atoms with Crippen molar-refractivity contribution in [3.05, 3.63) is 93.4 Å². The molecule has 0 aliphatic heterocycles. The summed E-state index contributed by atoms with van der Waals surface area (Å²) in [6, 6.07) is 16.3. The molecule has 4 heterocycles. The molecule has 36 heavy (non-hydrogen) atoms. The first-order chi connectivity index (χ1) is 17.3. The first kappa shape index (κ1) is 23.2. The Bertz CT molecular complexity index is 1650. The molecule has 5 aromatic rings. The van der Waals surface area contributed by atoms with E-state index in [1.54, 1.807) is 17.0 Å². The fourth-order valence-corrected chi connectivity index (χ4v) is 4.53. The Morgan fingerprint density at radius 1 is 0.944 bits per heavy atom. The fourth-order valence-electron chi connectivity index (χ4n) is 4.53. The van der Waals surface area contributed by atoms with Gasteiger partial charge in [0.05, 0.1) is 11.1 Å². The Hall–Kier alpha value is -4.53. The normalized spacial score (nSPS) is 11.6. The molecule has 9 nitrogen and oxygen atoms in total. The highest BCUT2D eigenvalue weighted by Gasteiger charge is 2.24. The highest BCUT2D eigenvalue weighted by atomic mass is 16.3. The molecule has 0 spiro atoms.